The molecule has 3 N–H and O–H groups in total. The van der Waals surface area contributed by atoms with E-state index in [-0.39, 0.29) is 17.7 Å². The van der Waals surface area contributed by atoms with E-state index >= 15 is 0 Å². The van der Waals surface area contributed by atoms with Crippen molar-refractivity contribution in [3.8, 4) is 0 Å². The van der Waals surface area contributed by atoms with Gasteiger partial charge in [-0.2, -0.15) is 0 Å². The zero-order valence-electron chi connectivity index (χ0n) is 15.5. The van der Waals surface area contributed by atoms with Crippen molar-refractivity contribution >= 4 is 11.8 Å². The van der Waals surface area contributed by atoms with Crippen LogP contribution in [-0.4, -0.2) is 36.3 Å². The maximum Gasteiger partial charge on any atom is 0.244 e. The minimum absolute atomic E-state index is 0.0151. The van der Waals surface area contributed by atoms with Crippen LogP contribution in [-0.2, 0) is 9.59 Å². The maximum atomic E-state index is 12.6. The average Bonchev–Trinajstić information content (AvgIpc) is 2.64. The summed E-state index contributed by atoms with van der Waals surface area (Å²) in [4.78, 5) is 26.6. The lowest BCUT2D eigenvalue weighted by atomic mass is 9.94. The number of nitrogens with one attached hydrogen (secondary N) is 1. The SMILES string of the molecule is CCCCCNC(=O)C1CCN(C(=O)C(N)c2ccc(C)cc2)CC1. The van der Waals surface area contributed by atoms with E-state index in [4.69, 9.17) is 5.73 Å². The van der Waals surface area contributed by atoms with Crippen LogP contribution in [0.2, 0.25) is 0 Å². The molecule has 0 radical (unpaired) electrons. The summed E-state index contributed by atoms with van der Waals surface area (Å²) in [6.07, 6.45) is 4.75. The van der Waals surface area contributed by atoms with E-state index in [1.807, 2.05) is 31.2 Å². The van der Waals surface area contributed by atoms with Crippen LogP contribution in [0.4, 0.5) is 0 Å². The summed E-state index contributed by atoms with van der Waals surface area (Å²) in [5.41, 5.74) is 8.12. The minimum Gasteiger partial charge on any atom is -0.356 e. The molecule has 2 amide bonds. The quantitative estimate of drug-likeness (QED) is 0.746. The molecular formula is C20H31N3O2. The van der Waals surface area contributed by atoms with Gasteiger partial charge in [-0.3, -0.25) is 9.59 Å². The Kier molecular flexibility index (Phi) is 7.44. The van der Waals surface area contributed by atoms with E-state index in [1.54, 1.807) is 4.90 Å². The molecule has 0 spiro atoms. The van der Waals surface area contributed by atoms with Gasteiger partial charge in [0.05, 0.1) is 0 Å². The van der Waals surface area contributed by atoms with Crippen molar-refractivity contribution in [2.45, 2.75) is 52.0 Å². The highest BCUT2D eigenvalue weighted by Gasteiger charge is 2.29. The van der Waals surface area contributed by atoms with Gasteiger partial charge in [0, 0.05) is 25.6 Å². The van der Waals surface area contributed by atoms with Gasteiger partial charge in [0.15, 0.2) is 0 Å². The number of aryl methyl sites for hydroxylation is 1. The minimum atomic E-state index is -0.625. The van der Waals surface area contributed by atoms with Crippen LogP contribution in [0.1, 0.15) is 56.2 Å². The third kappa shape index (κ3) is 5.56. The van der Waals surface area contributed by atoms with Gasteiger partial charge in [0.1, 0.15) is 6.04 Å². The van der Waals surface area contributed by atoms with E-state index in [1.165, 1.54) is 0 Å². The summed E-state index contributed by atoms with van der Waals surface area (Å²) in [5, 5.41) is 3.02. The number of nitrogens with zero attached hydrogens (tertiary/aromatic N) is 1. The van der Waals surface area contributed by atoms with Crippen molar-refractivity contribution in [2.75, 3.05) is 19.6 Å². The van der Waals surface area contributed by atoms with Gasteiger partial charge in [0.25, 0.3) is 0 Å². The van der Waals surface area contributed by atoms with Gasteiger partial charge in [-0.05, 0) is 31.7 Å². The van der Waals surface area contributed by atoms with Gasteiger partial charge >= 0.3 is 0 Å². The molecule has 5 nitrogen and oxygen atoms in total. The lowest BCUT2D eigenvalue weighted by Gasteiger charge is -2.33. The van der Waals surface area contributed by atoms with Crippen molar-refractivity contribution in [1.82, 2.24) is 10.2 Å². The number of hydrogen-bond acceptors (Lipinski definition) is 3. The number of amides is 2. The summed E-state index contributed by atoms with van der Waals surface area (Å²) < 4.78 is 0. The normalized spacial score (nSPS) is 16.5. The zero-order valence-corrected chi connectivity index (χ0v) is 15.5. The fourth-order valence-corrected chi connectivity index (χ4v) is 3.21. The lowest BCUT2D eigenvalue weighted by molar-refractivity contribution is -0.136. The molecule has 2 rings (SSSR count). The molecule has 5 heteroatoms. The first-order valence-corrected chi connectivity index (χ1v) is 9.41. The fraction of sp³-hybridized carbons (Fsp3) is 0.600. The third-order valence-electron chi connectivity index (χ3n) is 4.96. The van der Waals surface area contributed by atoms with E-state index < -0.39 is 6.04 Å². The first-order valence-electron chi connectivity index (χ1n) is 9.41. The number of unbranched alkanes of at least 4 members (excludes halogenated alkanes) is 2. The Morgan fingerprint density at radius 1 is 1.20 bits per heavy atom. The molecule has 138 valence electrons. The van der Waals surface area contributed by atoms with Crippen molar-refractivity contribution in [3.63, 3.8) is 0 Å². The predicted molar refractivity (Wildman–Crippen MR) is 99.9 cm³/mol. The summed E-state index contributed by atoms with van der Waals surface area (Å²) in [5.74, 6) is 0.0953. The first-order chi connectivity index (χ1) is 12.0. The predicted octanol–water partition coefficient (Wildman–Crippen LogP) is 2.54. The highest BCUT2D eigenvalue weighted by molar-refractivity contribution is 5.84. The van der Waals surface area contributed by atoms with Crippen LogP contribution in [0.25, 0.3) is 0 Å². The van der Waals surface area contributed by atoms with Gasteiger partial charge < -0.3 is 16.0 Å². The molecule has 25 heavy (non-hydrogen) atoms. The Morgan fingerprint density at radius 2 is 1.84 bits per heavy atom. The second kappa shape index (κ2) is 9.56. The number of nitrogens with two attached hydrogens (primary N) is 1. The van der Waals surface area contributed by atoms with E-state index in [9.17, 15) is 9.59 Å². The smallest absolute Gasteiger partial charge is 0.244 e. The number of benzene rings is 1. The number of carbonyl (C=O) groups excluding carboxylic acids is 2. The number of rotatable bonds is 7. The van der Waals surface area contributed by atoms with Crippen LogP contribution in [0.15, 0.2) is 24.3 Å². The Labute approximate surface area is 151 Å². The second-order valence-electron chi connectivity index (χ2n) is 6.99. The first kappa shape index (κ1) is 19.4. The molecule has 1 heterocycles. The Balaban J connectivity index is 1.79. The van der Waals surface area contributed by atoms with Crippen LogP contribution >= 0.6 is 0 Å². The van der Waals surface area contributed by atoms with Crippen LogP contribution in [0.3, 0.4) is 0 Å². The molecule has 1 aromatic rings. The van der Waals surface area contributed by atoms with Gasteiger partial charge in [-0.1, -0.05) is 49.6 Å². The summed E-state index contributed by atoms with van der Waals surface area (Å²) in [6, 6.07) is 7.14. The van der Waals surface area contributed by atoms with Gasteiger partial charge in [-0.15, -0.1) is 0 Å². The van der Waals surface area contributed by atoms with Crippen LogP contribution < -0.4 is 11.1 Å². The molecule has 1 fully saturated rings. The standard InChI is InChI=1S/C20H31N3O2/c1-3-4-5-12-22-19(24)17-10-13-23(14-11-17)20(25)18(21)16-8-6-15(2)7-9-16/h6-9,17-18H,3-5,10-14,21H2,1-2H3,(H,22,24). The summed E-state index contributed by atoms with van der Waals surface area (Å²) in [6.45, 7) is 6.12. The fourth-order valence-electron chi connectivity index (χ4n) is 3.21. The van der Waals surface area contributed by atoms with Gasteiger partial charge in [0.2, 0.25) is 11.8 Å². The zero-order chi connectivity index (χ0) is 18.2. The highest BCUT2D eigenvalue weighted by Crippen LogP contribution is 2.21. The number of piperidine rings is 1. The molecule has 1 atom stereocenters. The van der Waals surface area contributed by atoms with Crippen molar-refractivity contribution < 1.29 is 9.59 Å². The van der Waals surface area contributed by atoms with E-state index in [0.717, 1.165) is 36.9 Å². The average molecular weight is 345 g/mol. The molecule has 1 unspecified atom stereocenters. The maximum absolute atomic E-state index is 12.6. The van der Waals surface area contributed by atoms with E-state index in [0.29, 0.717) is 25.9 Å². The third-order valence-corrected chi connectivity index (χ3v) is 4.96. The number of likely N-dealkylation sites (tertiary alicyclic amines) is 1. The molecular weight excluding hydrogens is 314 g/mol. The molecule has 1 aliphatic rings. The topological polar surface area (TPSA) is 75.4 Å². The Hall–Kier alpha value is -1.88. The Bertz CT molecular complexity index is 563. The molecule has 1 aliphatic heterocycles. The molecule has 0 aromatic heterocycles. The van der Waals surface area contributed by atoms with E-state index in [2.05, 4.69) is 12.2 Å². The van der Waals surface area contributed by atoms with Crippen LogP contribution in [0.5, 0.6) is 0 Å². The molecule has 0 aliphatic carbocycles. The number of hydrogen-bond donors (Lipinski definition) is 2. The second-order valence-corrected chi connectivity index (χ2v) is 6.99. The van der Waals surface area contributed by atoms with Crippen LogP contribution in [0, 0.1) is 12.8 Å². The van der Waals surface area contributed by atoms with Crippen molar-refractivity contribution in [3.05, 3.63) is 35.4 Å². The lowest BCUT2D eigenvalue weighted by Crippen LogP contribution is -2.46. The number of carbonyl (C=O) groups is 2. The molecule has 1 saturated heterocycles. The largest absolute Gasteiger partial charge is 0.356 e. The van der Waals surface area contributed by atoms with Crippen molar-refractivity contribution in [2.24, 2.45) is 11.7 Å². The van der Waals surface area contributed by atoms with Crippen molar-refractivity contribution in [1.29, 1.82) is 0 Å². The molecule has 1 aromatic carbocycles. The highest BCUT2D eigenvalue weighted by atomic mass is 16.2. The molecule has 0 bridgehead atoms. The summed E-state index contributed by atoms with van der Waals surface area (Å²) >= 11 is 0. The monoisotopic (exact) mass is 345 g/mol. The Morgan fingerprint density at radius 3 is 2.44 bits per heavy atom. The van der Waals surface area contributed by atoms with Gasteiger partial charge in [-0.25, -0.2) is 0 Å². The summed E-state index contributed by atoms with van der Waals surface area (Å²) in [7, 11) is 0. The molecule has 0 saturated carbocycles.